The van der Waals surface area contributed by atoms with E-state index in [2.05, 4.69) is 4.74 Å². The van der Waals surface area contributed by atoms with Gasteiger partial charge in [0.05, 0.1) is 12.0 Å². The summed E-state index contributed by atoms with van der Waals surface area (Å²) in [5.41, 5.74) is 6.45. The zero-order valence-electron chi connectivity index (χ0n) is 15.5. The minimum absolute atomic E-state index is 0.0509. The number of benzene rings is 2. The smallest absolute Gasteiger partial charge is 0.387 e. The summed E-state index contributed by atoms with van der Waals surface area (Å²) in [6, 6.07) is 8.25. The predicted molar refractivity (Wildman–Crippen MR) is 98.0 cm³/mol. The third-order valence-corrected chi connectivity index (χ3v) is 5.83. The van der Waals surface area contributed by atoms with Crippen molar-refractivity contribution in [3.63, 3.8) is 0 Å². The fourth-order valence-electron chi connectivity index (χ4n) is 2.55. The van der Waals surface area contributed by atoms with Gasteiger partial charge >= 0.3 is 6.61 Å². The maximum atomic E-state index is 12.8. The molecule has 0 saturated carbocycles. The quantitative estimate of drug-likeness (QED) is 0.716. The molecule has 0 aliphatic carbocycles. The Kier molecular flexibility index (Phi) is 6.57. The van der Waals surface area contributed by atoms with Crippen molar-refractivity contribution < 1.29 is 31.5 Å². The lowest BCUT2D eigenvalue weighted by atomic mass is 10.1. The Hall–Kier alpha value is -2.72. The summed E-state index contributed by atoms with van der Waals surface area (Å²) in [6.07, 6.45) is 0. The van der Waals surface area contributed by atoms with Crippen LogP contribution < -0.4 is 15.2 Å². The molecule has 0 aromatic heterocycles. The molecule has 0 aliphatic rings. The van der Waals surface area contributed by atoms with Gasteiger partial charge < -0.3 is 15.2 Å². The number of carbonyl (C=O) groups is 1. The van der Waals surface area contributed by atoms with E-state index in [1.807, 2.05) is 0 Å². The van der Waals surface area contributed by atoms with Crippen LogP contribution in [0.5, 0.6) is 11.5 Å². The van der Waals surface area contributed by atoms with Crippen molar-refractivity contribution in [2.24, 2.45) is 5.73 Å². The van der Waals surface area contributed by atoms with Gasteiger partial charge in [0.15, 0.2) is 11.5 Å². The molecular weight excluding hydrogens is 394 g/mol. The van der Waals surface area contributed by atoms with Crippen molar-refractivity contribution in [3.05, 3.63) is 53.1 Å². The molecule has 0 atom stereocenters. The fraction of sp³-hybridized carbons (Fsp3) is 0.278. The highest BCUT2D eigenvalue weighted by Crippen LogP contribution is 2.30. The predicted octanol–water partition coefficient (Wildman–Crippen LogP) is 2.52. The average Bonchev–Trinajstić information content (AvgIpc) is 2.62. The van der Waals surface area contributed by atoms with Crippen molar-refractivity contribution in [1.29, 1.82) is 0 Å². The number of nitrogens with two attached hydrogens (primary N) is 1. The van der Waals surface area contributed by atoms with Gasteiger partial charge in [0.25, 0.3) is 0 Å². The molecule has 0 fully saturated rings. The third-order valence-electron chi connectivity index (χ3n) is 4.03. The molecule has 0 bridgehead atoms. The summed E-state index contributed by atoms with van der Waals surface area (Å²) in [5, 5.41) is 0. The van der Waals surface area contributed by atoms with Gasteiger partial charge in [-0.1, -0.05) is 12.1 Å². The molecule has 0 unspecified atom stereocenters. The Balaban J connectivity index is 2.30. The van der Waals surface area contributed by atoms with Gasteiger partial charge in [-0.2, -0.15) is 13.1 Å². The number of rotatable bonds is 8. The van der Waals surface area contributed by atoms with Crippen molar-refractivity contribution >= 4 is 15.9 Å². The van der Waals surface area contributed by atoms with Gasteiger partial charge in [0.1, 0.15) is 0 Å². The van der Waals surface area contributed by atoms with Crippen LogP contribution in [0.4, 0.5) is 8.78 Å². The fourth-order valence-corrected chi connectivity index (χ4v) is 3.74. The minimum Gasteiger partial charge on any atom is -0.493 e. The van der Waals surface area contributed by atoms with E-state index in [9.17, 15) is 22.0 Å². The largest absolute Gasteiger partial charge is 0.493 e. The summed E-state index contributed by atoms with van der Waals surface area (Å²) in [6.45, 7) is -1.42. The number of primary amides is 1. The molecule has 0 spiro atoms. The van der Waals surface area contributed by atoms with Crippen LogP contribution in [-0.4, -0.2) is 39.4 Å². The van der Waals surface area contributed by atoms with Gasteiger partial charge in [0, 0.05) is 19.2 Å². The zero-order chi connectivity index (χ0) is 21.1. The molecule has 0 saturated heterocycles. The van der Waals surface area contributed by atoms with E-state index in [0.717, 1.165) is 4.31 Å². The molecule has 7 nitrogen and oxygen atoms in total. The van der Waals surface area contributed by atoms with E-state index in [0.29, 0.717) is 11.1 Å². The van der Waals surface area contributed by atoms with Crippen LogP contribution in [0.2, 0.25) is 0 Å². The number of methoxy groups -OCH3 is 1. The Bertz CT molecular complexity index is 980. The molecule has 0 heterocycles. The first-order valence-electron chi connectivity index (χ1n) is 8.04. The van der Waals surface area contributed by atoms with Gasteiger partial charge in [-0.3, -0.25) is 4.79 Å². The number of ether oxygens (including phenoxy) is 2. The first-order chi connectivity index (χ1) is 13.1. The van der Waals surface area contributed by atoms with E-state index in [1.165, 1.54) is 50.6 Å². The third kappa shape index (κ3) is 4.76. The Labute approximate surface area is 161 Å². The molecule has 10 heteroatoms. The van der Waals surface area contributed by atoms with Crippen LogP contribution in [0, 0.1) is 6.92 Å². The van der Waals surface area contributed by atoms with Crippen LogP contribution in [0.25, 0.3) is 0 Å². The van der Waals surface area contributed by atoms with Crippen LogP contribution >= 0.6 is 0 Å². The van der Waals surface area contributed by atoms with Crippen LogP contribution in [0.3, 0.4) is 0 Å². The van der Waals surface area contributed by atoms with E-state index >= 15 is 0 Å². The molecule has 152 valence electrons. The highest BCUT2D eigenvalue weighted by molar-refractivity contribution is 7.89. The number of alkyl halides is 2. The second-order valence-electron chi connectivity index (χ2n) is 5.97. The van der Waals surface area contributed by atoms with E-state index in [-0.39, 0.29) is 28.5 Å². The van der Waals surface area contributed by atoms with Crippen molar-refractivity contribution in [2.75, 3.05) is 14.2 Å². The number of amides is 1. The molecule has 2 rings (SSSR count). The summed E-state index contributed by atoms with van der Waals surface area (Å²) >= 11 is 0. The summed E-state index contributed by atoms with van der Waals surface area (Å²) in [7, 11) is -1.28. The average molecular weight is 414 g/mol. The van der Waals surface area contributed by atoms with Gasteiger partial charge in [-0.05, 0) is 42.3 Å². The van der Waals surface area contributed by atoms with Gasteiger partial charge in [-0.25, -0.2) is 8.42 Å². The Morgan fingerprint density at radius 1 is 1.18 bits per heavy atom. The topological polar surface area (TPSA) is 98.9 Å². The van der Waals surface area contributed by atoms with E-state index < -0.39 is 22.5 Å². The SMILES string of the molecule is COc1cc(CN(C)S(=O)(=O)c2ccc(C)c(C(N)=O)c2)ccc1OC(F)F. The number of hydrogen-bond acceptors (Lipinski definition) is 5. The Morgan fingerprint density at radius 2 is 1.86 bits per heavy atom. The molecule has 1 amide bonds. The lowest BCUT2D eigenvalue weighted by Crippen LogP contribution is -2.27. The molecular formula is C18H20F2N2O5S. The second kappa shape index (κ2) is 8.53. The van der Waals surface area contributed by atoms with Gasteiger partial charge in [0.2, 0.25) is 15.9 Å². The summed E-state index contributed by atoms with van der Waals surface area (Å²) < 4.78 is 60.9. The molecule has 0 aliphatic heterocycles. The van der Waals surface area contributed by atoms with E-state index in [4.69, 9.17) is 10.5 Å². The maximum absolute atomic E-state index is 12.8. The number of sulfonamides is 1. The standard InChI is InChI=1S/C18H20F2N2O5S/c1-11-4-6-13(9-14(11)17(21)23)28(24,25)22(2)10-12-5-7-15(27-18(19)20)16(8-12)26-3/h4-9,18H,10H2,1-3H3,(H2,21,23). The monoisotopic (exact) mass is 414 g/mol. The second-order valence-corrected chi connectivity index (χ2v) is 8.01. The van der Waals surface area contributed by atoms with Crippen LogP contribution in [-0.2, 0) is 16.6 Å². The number of carbonyl (C=O) groups excluding carboxylic acids is 1. The summed E-state index contributed by atoms with van der Waals surface area (Å²) in [5.74, 6) is -0.831. The van der Waals surface area contributed by atoms with Crippen LogP contribution in [0.1, 0.15) is 21.5 Å². The highest BCUT2D eigenvalue weighted by atomic mass is 32.2. The molecule has 28 heavy (non-hydrogen) atoms. The number of nitrogens with zero attached hydrogens (tertiary/aromatic N) is 1. The van der Waals surface area contributed by atoms with Crippen molar-refractivity contribution in [3.8, 4) is 11.5 Å². The number of halogens is 2. The molecule has 0 radical (unpaired) electrons. The van der Waals surface area contributed by atoms with E-state index in [1.54, 1.807) is 6.92 Å². The maximum Gasteiger partial charge on any atom is 0.387 e. The normalized spacial score (nSPS) is 11.7. The van der Waals surface area contributed by atoms with Crippen molar-refractivity contribution in [1.82, 2.24) is 4.31 Å². The zero-order valence-corrected chi connectivity index (χ0v) is 16.3. The number of aryl methyl sites for hydroxylation is 1. The summed E-state index contributed by atoms with van der Waals surface area (Å²) in [4.78, 5) is 11.4. The first-order valence-corrected chi connectivity index (χ1v) is 9.48. The Morgan fingerprint density at radius 3 is 2.43 bits per heavy atom. The minimum atomic E-state index is -3.93. The van der Waals surface area contributed by atoms with Crippen LogP contribution in [0.15, 0.2) is 41.3 Å². The first kappa shape index (κ1) is 21.6. The van der Waals surface area contributed by atoms with Crippen molar-refractivity contribution in [2.45, 2.75) is 25.0 Å². The lowest BCUT2D eigenvalue weighted by molar-refractivity contribution is -0.0512. The lowest BCUT2D eigenvalue weighted by Gasteiger charge is -2.19. The molecule has 2 N–H and O–H groups in total. The molecule has 2 aromatic rings. The number of hydrogen-bond donors (Lipinski definition) is 1. The molecule has 2 aromatic carbocycles. The highest BCUT2D eigenvalue weighted by Gasteiger charge is 2.23. The van der Waals surface area contributed by atoms with Gasteiger partial charge in [-0.15, -0.1) is 0 Å².